The van der Waals surface area contributed by atoms with E-state index in [-0.39, 0.29) is 6.61 Å². The van der Waals surface area contributed by atoms with Gasteiger partial charge in [-0.1, -0.05) is 35.3 Å². The van der Waals surface area contributed by atoms with Crippen LogP contribution in [0.15, 0.2) is 59.7 Å². The van der Waals surface area contributed by atoms with E-state index >= 15 is 0 Å². The SMILES string of the molecule is CCOc1cc(C(=O)N/N=C/c2cc(Cl)c(OCc3cccc(Cl)c3)c(OCC)c2)ccc1OC. The highest BCUT2D eigenvalue weighted by atomic mass is 35.5. The van der Waals surface area contributed by atoms with Crippen molar-refractivity contribution in [3.05, 3.63) is 81.3 Å². The highest BCUT2D eigenvalue weighted by molar-refractivity contribution is 6.32. The number of hydrogen-bond donors (Lipinski definition) is 1. The molecule has 0 aliphatic heterocycles. The largest absolute Gasteiger partial charge is 0.493 e. The first-order valence-electron chi connectivity index (χ1n) is 10.9. The van der Waals surface area contributed by atoms with Gasteiger partial charge in [-0.05, 0) is 67.4 Å². The lowest BCUT2D eigenvalue weighted by molar-refractivity contribution is 0.0954. The average Bonchev–Trinajstić information content (AvgIpc) is 2.84. The fourth-order valence-corrected chi connectivity index (χ4v) is 3.65. The smallest absolute Gasteiger partial charge is 0.271 e. The number of methoxy groups -OCH3 is 1. The van der Waals surface area contributed by atoms with Crippen LogP contribution in [0.1, 0.15) is 35.3 Å². The number of amides is 1. The molecule has 0 fully saturated rings. The number of carbonyl (C=O) groups excluding carboxylic acids is 1. The van der Waals surface area contributed by atoms with Gasteiger partial charge in [0.25, 0.3) is 5.91 Å². The van der Waals surface area contributed by atoms with E-state index in [4.69, 9.17) is 42.1 Å². The maximum Gasteiger partial charge on any atom is 0.271 e. The summed E-state index contributed by atoms with van der Waals surface area (Å²) < 4.78 is 22.4. The number of benzene rings is 3. The summed E-state index contributed by atoms with van der Waals surface area (Å²) in [6.45, 7) is 4.85. The monoisotopic (exact) mass is 516 g/mol. The first kappa shape index (κ1) is 26.2. The molecule has 0 bridgehead atoms. The molecule has 7 nitrogen and oxygen atoms in total. The third-order valence-electron chi connectivity index (χ3n) is 4.71. The number of carbonyl (C=O) groups is 1. The molecule has 0 heterocycles. The fraction of sp³-hybridized carbons (Fsp3) is 0.231. The Bertz CT molecular complexity index is 1200. The van der Waals surface area contributed by atoms with Gasteiger partial charge in [0.2, 0.25) is 0 Å². The van der Waals surface area contributed by atoms with Gasteiger partial charge >= 0.3 is 0 Å². The van der Waals surface area contributed by atoms with E-state index in [0.717, 1.165) is 5.56 Å². The molecule has 0 aliphatic carbocycles. The van der Waals surface area contributed by atoms with Crippen molar-refractivity contribution in [1.82, 2.24) is 5.43 Å². The second kappa shape index (κ2) is 12.9. The molecule has 184 valence electrons. The molecule has 1 N–H and O–H groups in total. The molecule has 0 radical (unpaired) electrons. The van der Waals surface area contributed by atoms with Crippen molar-refractivity contribution in [2.24, 2.45) is 5.10 Å². The molecule has 3 aromatic carbocycles. The maximum atomic E-state index is 12.5. The van der Waals surface area contributed by atoms with Gasteiger partial charge in [0.1, 0.15) is 6.61 Å². The Balaban J connectivity index is 1.72. The second-order valence-electron chi connectivity index (χ2n) is 7.18. The van der Waals surface area contributed by atoms with E-state index in [0.29, 0.717) is 57.4 Å². The van der Waals surface area contributed by atoms with Crippen LogP contribution >= 0.6 is 23.2 Å². The predicted octanol–water partition coefficient (Wildman–Crippen LogP) is 6.14. The molecular formula is C26H26Cl2N2O5. The Kier molecular flexibility index (Phi) is 9.64. The minimum atomic E-state index is -0.400. The minimum Gasteiger partial charge on any atom is -0.493 e. The Morgan fingerprint density at radius 2 is 1.71 bits per heavy atom. The molecule has 3 aromatic rings. The van der Waals surface area contributed by atoms with E-state index in [1.54, 1.807) is 36.4 Å². The van der Waals surface area contributed by atoms with Crippen LogP contribution in [-0.4, -0.2) is 32.4 Å². The van der Waals surface area contributed by atoms with Crippen molar-refractivity contribution in [2.45, 2.75) is 20.5 Å². The standard InChI is InChI=1S/C26H26Cl2N2O5/c1-4-33-23-14-19(9-10-22(23)32-3)26(31)30-29-15-18-12-21(28)25(24(13-18)34-5-2)35-16-17-7-6-8-20(27)11-17/h6-15H,4-5,16H2,1-3H3,(H,30,31)/b29-15+. The topological polar surface area (TPSA) is 78.4 Å². The van der Waals surface area contributed by atoms with E-state index in [2.05, 4.69) is 10.5 Å². The zero-order valence-electron chi connectivity index (χ0n) is 19.6. The zero-order chi connectivity index (χ0) is 25.2. The highest BCUT2D eigenvalue weighted by Crippen LogP contribution is 2.37. The van der Waals surface area contributed by atoms with E-state index in [1.165, 1.54) is 13.3 Å². The highest BCUT2D eigenvalue weighted by Gasteiger charge is 2.14. The number of ether oxygens (including phenoxy) is 4. The Morgan fingerprint density at radius 1 is 0.943 bits per heavy atom. The van der Waals surface area contributed by atoms with Gasteiger partial charge in [0.05, 0.1) is 31.6 Å². The summed E-state index contributed by atoms with van der Waals surface area (Å²) >= 11 is 12.5. The number of hydrazone groups is 1. The lowest BCUT2D eigenvalue weighted by Crippen LogP contribution is -2.17. The molecule has 35 heavy (non-hydrogen) atoms. The Hall–Kier alpha value is -3.42. The second-order valence-corrected chi connectivity index (χ2v) is 8.02. The van der Waals surface area contributed by atoms with Gasteiger partial charge < -0.3 is 18.9 Å². The van der Waals surface area contributed by atoms with Crippen molar-refractivity contribution in [1.29, 1.82) is 0 Å². The van der Waals surface area contributed by atoms with Crippen molar-refractivity contribution in [3.63, 3.8) is 0 Å². The molecule has 1 amide bonds. The third-order valence-corrected chi connectivity index (χ3v) is 5.23. The van der Waals surface area contributed by atoms with Gasteiger partial charge in [0.15, 0.2) is 23.0 Å². The van der Waals surface area contributed by atoms with Crippen LogP contribution in [0, 0.1) is 0 Å². The number of hydrogen-bond acceptors (Lipinski definition) is 6. The third kappa shape index (κ3) is 7.28. The average molecular weight is 517 g/mol. The van der Waals surface area contributed by atoms with Crippen molar-refractivity contribution in [3.8, 4) is 23.0 Å². The maximum absolute atomic E-state index is 12.5. The zero-order valence-corrected chi connectivity index (χ0v) is 21.2. The Morgan fingerprint density at radius 3 is 2.43 bits per heavy atom. The molecule has 0 aliphatic rings. The summed E-state index contributed by atoms with van der Waals surface area (Å²) in [4.78, 5) is 12.5. The number of nitrogens with one attached hydrogen (secondary N) is 1. The van der Waals surface area contributed by atoms with Crippen LogP contribution in [0.25, 0.3) is 0 Å². The van der Waals surface area contributed by atoms with Gasteiger partial charge in [-0.15, -0.1) is 0 Å². The first-order chi connectivity index (χ1) is 16.9. The number of halogens is 2. The Labute approximate surface area is 214 Å². The van der Waals surface area contributed by atoms with Crippen molar-refractivity contribution in [2.75, 3.05) is 20.3 Å². The lowest BCUT2D eigenvalue weighted by Gasteiger charge is -2.14. The predicted molar refractivity (Wildman–Crippen MR) is 138 cm³/mol. The van der Waals surface area contributed by atoms with Gasteiger partial charge in [0, 0.05) is 10.6 Å². The van der Waals surface area contributed by atoms with E-state index in [1.807, 2.05) is 32.0 Å². The van der Waals surface area contributed by atoms with Crippen LogP contribution in [0.4, 0.5) is 0 Å². The molecule has 9 heteroatoms. The van der Waals surface area contributed by atoms with Gasteiger partial charge in [-0.2, -0.15) is 5.10 Å². The van der Waals surface area contributed by atoms with Gasteiger partial charge in [-0.25, -0.2) is 5.43 Å². The van der Waals surface area contributed by atoms with Crippen LogP contribution in [-0.2, 0) is 6.61 Å². The molecule has 0 atom stereocenters. The van der Waals surface area contributed by atoms with Crippen LogP contribution in [0.3, 0.4) is 0 Å². The molecule has 3 rings (SSSR count). The summed E-state index contributed by atoms with van der Waals surface area (Å²) in [7, 11) is 1.54. The summed E-state index contributed by atoms with van der Waals surface area (Å²) in [6.07, 6.45) is 1.47. The summed E-state index contributed by atoms with van der Waals surface area (Å²) in [5.41, 5.74) is 4.40. The number of rotatable bonds is 11. The fourth-order valence-electron chi connectivity index (χ4n) is 3.16. The van der Waals surface area contributed by atoms with Crippen LogP contribution in [0.2, 0.25) is 10.0 Å². The normalized spacial score (nSPS) is 10.8. The van der Waals surface area contributed by atoms with Crippen molar-refractivity contribution < 1.29 is 23.7 Å². The summed E-state index contributed by atoms with van der Waals surface area (Å²) in [5.74, 6) is 1.50. The van der Waals surface area contributed by atoms with Crippen LogP contribution < -0.4 is 24.4 Å². The molecule has 0 spiro atoms. The molecular weight excluding hydrogens is 491 g/mol. The van der Waals surface area contributed by atoms with Crippen molar-refractivity contribution >= 4 is 35.3 Å². The summed E-state index contributed by atoms with van der Waals surface area (Å²) in [5, 5.41) is 5.02. The molecule has 0 aromatic heterocycles. The molecule has 0 unspecified atom stereocenters. The molecule has 0 saturated carbocycles. The van der Waals surface area contributed by atoms with Crippen LogP contribution in [0.5, 0.6) is 23.0 Å². The molecule has 0 saturated heterocycles. The van der Waals surface area contributed by atoms with E-state index < -0.39 is 5.91 Å². The summed E-state index contributed by atoms with van der Waals surface area (Å²) in [6, 6.07) is 15.7. The quantitative estimate of drug-likeness (QED) is 0.244. The number of nitrogens with zero attached hydrogens (tertiary/aromatic N) is 1. The minimum absolute atomic E-state index is 0.273. The van der Waals surface area contributed by atoms with E-state index in [9.17, 15) is 4.79 Å². The van der Waals surface area contributed by atoms with Gasteiger partial charge in [-0.3, -0.25) is 4.79 Å². The lowest BCUT2D eigenvalue weighted by atomic mass is 10.2. The first-order valence-corrected chi connectivity index (χ1v) is 11.7.